The summed E-state index contributed by atoms with van der Waals surface area (Å²) in [4.78, 5) is 24.2. The summed E-state index contributed by atoms with van der Waals surface area (Å²) in [5, 5.41) is 1.96. The van der Waals surface area contributed by atoms with Crippen molar-refractivity contribution in [1.29, 1.82) is 0 Å². The number of ether oxygens (including phenoxy) is 1. The summed E-state index contributed by atoms with van der Waals surface area (Å²) in [5.74, 6) is 5.47. The van der Waals surface area contributed by atoms with E-state index in [4.69, 9.17) is 4.74 Å². The first kappa shape index (κ1) is 27.5. The molecule has 1 amide bonds. The van der Waals surface area contributed by atoms with Crippen LogP contribution in [0.25, 0.3) is 32.9 Å². The molecule has 1 aliphatic rings. The molecule has 1 saturated heterocycles. The third-order valence-electron chi connectivity index (χ3n) is 6.87. The van der Waals surface area contributed by atoms with Crippen molar-refractivity contribution < 1.29 is 22.7 Å². The molecule has 40 heavy (non-hydrogen) atoms. The van der Waals surface area contributed by atoms with Crippen LogP contribution in [-0.4, -0.2) is 68.8 Å². The van der Waals surface area contributed by atoms with Gasteiger partial charge in [-0.15, -0.1) is 0 Å². The molecule has 7 nitrogen and oxygen atoms in total. The fourth-order valence-electron chi connectivity index (χ4n) is 4.82. The normalized spacial score (nSPS) is 14.8. The van der Waals surface area contributed by atoms with Gasteiger partial charge in [-0.2, -0.15) is 13.2 Å². The number of pyridine rings is 2. The highest BCUT2D eigenvalue weighted by Gasteiger charge is 2.34. The SMILES string of the molecule is Cn1c2ccncc2c2ccc(-c3cnc(C#CCN4CCN(C(=O)OC(C)(C)C)CC4)c(C(F)(F)F)c3)cc21. The van der Waals surface area contributed by atoms with E-state index in [2.05, 4.69) is 21.8 Å². The van der Waals surface area contributed by atoms with E-state index in [1.807, 2.05) is 55.5 Å². The number of rotatable bonds is 2. The van der Waals surface area contributed by atoms with Crippen molar-refractivity contribution >= 4 is 27.9 Å². The van der Waals surface area contributed by atoms with Gasteiger partial charge in [-0.3, -0.25) is 9.88 Å². The van der Waals surface area contributed by atoms with Crippen molar-refractivity contribution in [3.05, 3.63) is 60.2 Å². The highest BCUT2D eigenvalue weighted by atomic mass is 19.4. The van der Waals surface area contributed by atoms with Crippen LogP contribution in [0.15, 0.2) is 48.9 Å². The van der Waals surface area contributed by atoms with Gasteiger partial charge in [-0.05, 0) is 50.5 Å². The maximum absolute atomic E-state index is 14.0. The first-order valence-electron chi connectivity index (χ1n) is 13.0. The van der Waals surface area contributed by atoms with Crippen molar-refractivity contribution in [1.82, 2.24) is 24.3 Å². The van der Waals surface area contributed by atoms with Crippen LogP contribution in [0.4, 0.5) is 18.0 Å². The number of alkyl halides is 3. The summed E-state index contributed by atoms with van der Waals surface area (Å²) in [6, 6.07) is 8.59. The van der Waals surface area contributed by atoms with Crippen LogP contribution in [0.1, 0.15) is 32.0 Å². The number of nitrogens with zero attached hydrogens (tertiary/aromatic N) is 5. The molecule has 1 aliphatic heterocycles. The van der Waals surface area contributed by atoms with Gasteiger partial charge in [-0.1, -0.05) is 18.1 Å². The number of aromatic nitrogens is 3. The Morgan fingerprint density at radius 3 is 2.42 bits per heavy atom. The van der Waals surface area contributed by atoms with E-state index in [1.165, 1.54) is 6.20 Å². The van der Waals surface area contributed by atoms with E-state index < -0.39 is 17.3 Å². The van der Waals surface area contributed by atoms with Crippen molar-refractivity contribution in [2.24, 2.45) is 7.05 Å². The van der Waals surface area contributed by atoms with Gasteiger partial charge in [0, 0.05) is 73.7 Å². The molecule has 0 saturated carbocycles. The quantitative estimate of drug-likeness (QED) is 0.300. The third kappa shape index (κ3) is 5.75. The Morgan fingerprint density at radius 2 is 1.73 bits per heavy atom. The number of piperazine rings is 1. The zero-order chi connectivity index (χ0) is 28.7. The first-order valence-corrected chi connectivity index (χ1v) is 13.0. The number of hydrogen-bond acceptors (Lipinski definition) is 5. The highest BCUT2D eigenvalue weighted by molar-refractivity contribution is 6.08. The number of aryl methyl sites for hydroxylation is 1. The molecule has 1 fully saturated rings. The number of halogens is 3. The summed E-state index contributed by atoms with van der Waals surface area (Å²) in [6.45, 7) is 7.76. The first-order chi connectivity index (χ1) is 18.9. The number of amides is 1. The molecule has 4 aromatic rings. The average molecular weight is 550 g/mol. The van der Waals surface area contributed by atoms with Crippen LogP contribution in [0.2, 0.25) is 0 Å². The van der Waals surface area contributed by atoms with Crippen LogP contribution in [0.5, 0.6) is 0 Å². The number of fused-ring (bicyclic) bond motifs is 3. The molecule has 0 unspecified atom stereocenters. The van der Waals surface area contributed by atoms with Gasteiger partial charge in [0.25, 0.3) is 0 Å². The minimum absolute atomic E-state index is 0.273. The van der Waals surface area contributed by atoms with Gasteiger partial charge >= 0.3 is 12.3 Å². The molecule has 3 aromatic heterocycles. The molecule has 0 atom stereocenters. The van der Waals surface area contributed by atoms with Gasteiger partial charge in [0.15, 0.2) is 0 Å². The summed E-state index contributed by atoms with van der Waals surface area (Å²) >= 11 is 0. The fraction of sp³-hybridized carbons (Fsp3) is 0.367. The molecule has 0 bridgehead atoms. The van der Waals surface area contributed by atoms with E-state index in [0.717, 1.165) is 27.9 Å². The third-order valence-corrected chi connectivity index (χ3v) is 6.87. The topological polar surface area (TPSA) is 63.5 Å². The molecule has 5 rings (SSSR count). The van der Waals surface area contributed by atoms with Crippen LogP contribution in [-0.2, 0) is 18.0 Å². The Bertz CT molecular complexity index is 1630. The van der Waals surface area contributed by atoms with Crippen LogP contribution >= 0.6 is 0 Å². The zero-order valence-corrected chi connectivity index (χ0v) is 22.8. The second-order valence-corrected chi connectivity index (χ2v) is 10.8. The second kappa shape index (κ2) is 10.5. The molecule has 0 N–H and O–H groups in total. The summed E-state index contributed by atoms with van der Waals surface area (Å²) in [7, 11) is 1.92. The highest BCUT2D eigenvalue weighted by Crippen LogP contribution is 2.35. The summed E-state index contributed by atoms with van der Waals surface area (Å²) in [6.07, 6.45) is -0.0412. The van der Waals surface area contributed by atoms with E-state index in [-0.39, 0.29) is 18.3 Å². The second-order valence-electron chi connectivity index (χ2n) is 10.8. The lowest BCUT2D eigenvalue weighted by Gasteiger charge is -2.34. The lowest BCUT2D eigenvalue weighted by molar-refractivity contribution is -0.138. The van der Waals surface area contributed by atoms with E-state index in [1.54, 1.807) is 23.4 Å². The molecule has 1 aromatic carbocycles. The number of hydrogen-bond donors (Lipinski definition) is 0. The summed E-state index contributed by atoms with van der Waals surface area (Å²) < 4.78 is 49.5. The molecule has 0 aliphatic carbocycles. The largest absolute Gasteiger partial charge is 0.444 e. The minimum Gasteiger partial charge on any atom is -0.444 e. The monoisotopic (exact) mass is 549 g/mol. The van der Waals surface area contributed by atoms with Gasteiger partial charge in [-0.25, -0.2) is 9.78 Å². The number of benzene rings is 1. The Hall–Kier alpha value is -4.10. The van der Waals surface area contributed by atoms with Gasteiger partial charge in [0.1, 0.15) is 11.3 Å². The molecule has 208 valence electrons. The van der Waals surface area contributed by atoms with Crippen molar-refractivity contribution in [2.75, 3.05) is 32.7 Å². The number of carbonyl (C=O) groups excluding carboxylic acids is 1. The maximum atomic E-state index is 14.0. The lowest BCUT2D eigenvalue weighted by atomic mass is 10.0. The Morgan fingerprint density at radius 1 is 0.975 bits per heavy atom. The van der Waals surface area contributed by atoms with E-state index in [9.17, 15) is 18.0 Å². The van der Waals surface area contributed by atoms with Crippen molar-refractivity contribution in [3.8, 4) is 23.0 Å². The predicted octanol–water partition coefficient (Wildman–Crippen LogP) is 5.71. The molecular weight excluding hydrogens is 519 g/mol. The fourth-order valence-corrected chi connectivity index (χ4v) is 4.82. The number of carbonyl (C=O) groups is 1. The Balaban J connectivity index is 1.33. The molecule has 10 heteroatoms. The van der Waals surface area contributed by atoms with Gasteiger partial charge in [0.2, 0.25) is 0 Å². The predicted molar refractivity (Wildman–Crippen MR) is 148 cm³/mol. The van der Waals surface area contributed by atoms with E-state index in [0.29, 0.717) is 37.3 Å². The van der Waals surface area contributed by atoms with Crippen molar-refractivity contribution in [3.63, 3.8) is 0 Å². The summed E-state index contributed by atoms with van der Waals surface area (Å²) in [5.41, 5.74) is 1.14. The van der Waals surface area contributed by atoms with Gasteiger partial charge < -0.3 is 14.2 Å². The smallest absolute Gasteiger partial charge is 0.419 e. The molecule has 0 spiro atoms. The zero-order valence-electron chi connectivity index (χ0n) is 22.8. The van der Waals surface area contributed by atoms with Crippen LogP contribution in [0.3, 0.4) is 0 Å². The maximum Gasteiger partial charge on any atom is 0.419 e. The Labute approximate surface area is 230 Å². The standard InChI is InChI=1S/C30H30F3N5O2/c1-29(2,3)40-28(39)38-14-12-37(13-15-38)11-5-6-25-24(30(31,32)33)16-21(18-35-25)20-7-8-22-23-19-34-10-9-26(23)36(4)27(22)17-20/h7-10,16-19H,11-15H2,1-4H3. The van der Waals surface area contributed by atoms with Crippen LogP contribution < -0.4 is 0 Å². The van der Waals surface area contributed by atoms with Gasteiger partial charge in [0.05, 0.1) is 17.6 Å². The van der Waals surface area contributed by atoms with Crippen LogP contribution in [0, 0.1) is 11.8 Å². The average Bonchev–Trinajstić information content (AvgIpc) is 3.19. The molecular formula is C30H30F3N5O2. The Kier molecular flexibility index (Phi) is 7.19. The molecule has 0 radical (unpaired) electrons. The lowest BCUT2D eigenvalue weighted by Crippen LogP contribution is -2.50. The van der Waals surface area contributed by atoms with E-state index >= 15 is 0 Å². The minimum atomic E-state index is -4.61. The van der Waals surface area contributed by atoms with Crippen molar-refractivity contribution in [2.45, 2.75) is 32.5 Å². The molecule has 4 heterocycles.